The molecule has 290 valence electrons. The van der Waals surface area contributed by atoms with E-state index in [4.69, 9.17) is 19.2 Å². The van der Waals surface area contributed by atoms with Gasteiger partial charge in [-0.1, -0.05) is 44.2 Å². The summed E-state index contributed by atoms with van der Waals surface area (Å²) in [7, 11) is 3.03. The summed E-state index contributed by atoms with van der Waals surface area (Å²) in [6.07, 6.45) is 2.25. The van der Waals surface area contributed by atoms with Crippen LogP contribution >= 0.6 is 0 Å². The largest absolute Gasteiger partial charge is 0.469 e. The monoisotopic (exact) mass is 740 g/mol. The second-order valence-electron chi connectivity index (χ2n) is 16.0. The Morgan fingerprint density at radius 2 is 1.76 bits per heavy atom. The molecule has 11 nitrogen and oxygen atoms in total. The number of alkyl carbamates (subject to hydrolysis) is 1. The molecule has 0 unspecified atom stereocenters. The van der Waals surface area contributed by atoms with Crippen molar-refractivity contribution < 1.29 is 33.7 Å². The molecule has 0 saturated carbocycles. The number of nitrogens with one attached hydrogen (secondary N) is 1. The fraction of sp³-hybridized carbons (Fsp3) is 0.488. The number of likely N-dealkylation sites (tertiary alicyclic amines) is 1. The summed E-state index contributed by atoms with van der Waals surface area (Å²) < 4.78 is 18.5. The number of carbonyl (C=O) groups excluding carboxylic acids is 3. The SMILES string of the molecule is CCn1c(-c2cccnc2[C@H](C)OC)c(CC(C)(C)CO)c2cc(-c3cccc(C[C@H](NC(=O)OC(C)(C)C)C(=O)N4CC[C@H](C(=O)OC)C4)c3)ccc21. The van der Waals surface area contributed by atoms with Gasteiger partial charge in [-0.2, -0.15) is 0 Å². The molecule has 0 radical (unpaired) electrons. The number of esters is 1. The minimum absolute atomic E-state index is 0.0271. The molecule has 2 aromatic heterocycles. The summed E-state index contributed by atoms with van der Waals surface area (Å²) in [6.45, 7) is 15.0. The van der Waals surface area contributed by atoms with Crippen molar-refractivity contribution in [1.82, 2.24) is 19.8 Å². The van der Waals surface area contributed by atoms with Gasteiger partial charge in [0.05, 0.1) is 30.5 Å². The lowest BCUT2D eigenvalue weighted by atomic mass is 9.84. The fourth-order valence-corrected chi connectivity index (χ4v) is 7.31. The predicted molar refractivity (Wildman–Crippen MR) is 210 cm³/mol. The number of amides is 2. The van der Waals surface area contributed by atoms with Gasteiger partial charge in [0.2, 0.25) is 5.91 Å². The van der Waals surface area contributed by atoms with Crippen LogP contribution in [0.2, 0.25) is 0 Å². The molecule has 0 spiro atoms. The van der Waals surface area contributed by atoms with Crippen molar-refractivity contribution >= 4 is 28.9 Å². The lowest BCUT2D eigenvalue weighted by Crippen LogP contribution is -2.50. The van der Waals surface area contributed by atoms with Crippen LogP contribution in [0.5, 0.6) is 0 Å². The van der Waals surface area contributed by atoms with Gasteiger partial charge < -0.3 is 34.1 Å². The first kappa shape index (κ1) is 40.4. The molecule has 5 rings (SSSR count). The average molecular weight is 741 g/mol. The van der Waals surface area contributed by atoms with E-state index in [9.17, 15) is 19.5 Å². The van der Waals surface area contributed by atoms with Gasteiger partial charge in [0, 0.05) is 62.4 Å². The van der Waals surface area contributed by atoms with Gasteiger partial charge in [-0.25, -0.2) is 4.79 Å². The highest BCUT2D eigenvalue weighted by molar-refractivity contribution is 5.95. The first-order chi connectivity index (χ1) is 25.6. The number of ether oxygens (including phenoxy) is 3. The van der Waals surface area contributed by atoms with E-state index in [1.807, 2.05) is 37.3 Å². The third-order valence-corrected chi connectivity index (χ3v) is 10.1. The number of aliphatic hydroxyl groups excluding tert-OH is 1. The van der Waals surface area contributed by atoms with Crippen molar-refractivity contribution in [3.8, 4) is 22.4 Å². The second kappa shape index (κ2) is 16.7. The van der Waals surface area contributed by atoms with Crippen LogP contribution in [0.1, 0.15) is 77.8 Å². The average Bonchev–Trinajstić information content (AvgIpc) is 3.76. The summed E-state index contributed by atoms with van der Waals surface area (Å²) >= 11 is 0. The highest BCUT2D eigenvalue weighted by Gasteiger charge is 2.36. The second-order valence-corrected chi connectivity index (χ2v) is 16.0. The van der Waals surface area contributed by atoms with E-state index in [0.717, 1.165) is 56.7 Å². The van der Waals surface area contributed by atoms with Crippen LogP contribution in [0.15, 0.2) is 60.8 Å². The summed E-state index contributed by atoms with van der Waals surface area (Å²) in [4.78, 5) is 45.5. The quantitative estimate of drug-likeness (QED) is 0.139. The Hall–Kier alpha value is -4.74. The normalized spacial score (nSPS) is 16.0. The molecule has 2 aromatic carbocycles. The van der Waals surface area contributed by atoms with E-state index in [1.54, 1.807) is 39.0 Å². The smallest absolute Gasteiger partial charge is 0.408 e. The molecule has 3 atom stereocenters. The Kier molecular flexibility index (Phi) is 12.5. The van der Waals surface area contributed by atoms with Gasteiger partial charge in [-0.05, 0) is 99.4 Å². The van der Waals surface area contributed by atoms with Gasteiger partial charge in [0.25, 0.3) is 0 Å². The zero-order valence-electron chi connectivity index (χ0n) is 33.2. The van der Waals surface area contributed by atoms with Crippen LogP contribution in [0.4, 0.5) is 4.79 Å². The standard InChI is InChI=1S/C43H56N4O7/c1-10-47-36-17-16-30(23-33(36)34(24-43(6,7)26-48)38(47)32-15-12-19-44-37(32)27(2)52-8)29-14-11-13-28(21-29)22-35(45-41(51)54-42(3,4)5)39(49)46-20-18-31(25-46)40(50)53-9/h11-17,19,21,23,27,31,35,48H,10,18,20,22,24-26H2,1-9H3,(H,45,51)/t27-,31-,35-/m0/s1. The predicted octanol–water partition coefficient (Wildman–Crippen LogP) is 7.12. The van der Waals surface area contributed by atoms with Crippen molar-refractivity contribution in [2.75, 3.05) is 33.9 Å². The Morgan fingerprint density at radius 1 is 1.02 bits per heavy atom. The number of carbonyl (C=O) groups is 3. The van der Waals surface area contributed by atoms with Gasteiger partial charge >= 0.3 is 12.1 Å². The molecule has 54 heavy (non-hydrogen) atoms. The lowest BCUT2D eigenvalue weighted by molar-refractivity contribution is -0.145. The number of rotatable bonds is 13. The van der Waals surface area contributed by atoms with Crippen molar-refractivity contribution in [1.29, 1.82) is 0 Å². The van der Waals surface area contributed by atoms with E-state index in [2.05, 4.69) is 54.9 Å². The maximum absolute atomic E-state index is 13.9. The molecule has 1 saturated heterocycles. The Labute approximate surface area is 319 Å². The highest BCUT2D eigenvalue weighted by atomic mass is 16.6. The fourth-order valence-electron chi connectivity index (χ4n) is 7.31. The topological polar surface area (TPSA) is 132 Å². The van der Waals surface area contributed by atoms with Crippen molar-refractivity contribution in [3.63, 3.8) is 0 Å². The number of fused-ring (bicyclic) bond motifs is 1. The number of pyridine rings is 1. The first-order valence-electron chi connectivity index (χ1n) is 18.8. The van der Waals surface area contributed by atoms with Crippen LogP contribution in [0.3, 0.4) is 0 Å². The summed E-state index contributed by atoms with van der Waals surface area (Å²) in [6, 6.07) is 17.6. The third-order valence-electron chi connectivity index (χ3n) is 10.1. The van der Waals surface area contributed by atoms with E-state index >= 15 is 0 Å². The zero-order valence-corrected chi connectivity index (χ0v) is 33.2. The van der Waals surface area contributed by atoms with E-state index in [-0.39, 0.29) is 43.0 Å². The molecular weight excluding hydrogens is 684 g/mol. The summed E-state index contributed by atoms with van der Waals surface area (Å²) in [5.74, 6) is -1.02. The van der Waals surface area contributed by atoms with Gasteiger partial charge in [-0.3, -0.25) is 14.6 Å². The van der Waals surface area contributed by atoms with Crippen LogP contribution in [-0.2, 0) is 43.2 Å². The molecule has 1 aliphatic heterocycles. The number of nitrogens with zero attached hydrogens (tertiary/aromatic N) is 3. The van der Waals surface area contributed by atoms with Crippen LogP contribution in [-0.4, -0.2) is 83.1 Å². The Balaban J connectivity index is 1.56. The molecular formula is C43H56N4O7. The van der Waals surface area contributed by atoms with Crippen LogP contribution in [0.25, 0.3) is 33.3 Å². The first-order valence-corrected chi connectivity index (χ1v) is 18.8. The number of aliphatic hydroxyl groups is 1. The van der Waals surface area contributed by atoms with Crippen molar-refractivity contribution in [3.05, 3.63) is 77.6 Å². The molecule has 0 aliphatic carbocycles. The molecule has 1 fully saturated rings. The molecule has 4 aromatic rings. The molecule has 2 N–H and O–H groups in total. The zero-order chi connectivity index (χ0) is 39.4. The molecule has 0 bridgehead atoms. The number of aryl methyl sites for hydroxylation is 1. The lowest BCUT2D eigenvalue weighted by Gasteiger charge is -2.26. The number of methoxy groups -OCH3 is 2. The third kappa shape index (κ3) is 9.13. The summed E-state index contributed by atoms with van der Waals surface area (Å²) in [5, 5.41) is 14.3. The number of aromatic nitrogens is 2. The summed E-state index contributed by atoms with van der Waals surface area (Å²) in [5.41, 5.74) is 6.80. The van der Waals surface area contributed by atoms with Crippen LogP contribution < -0.4 is 5.32 Å². The number of hydrogen-bond acceptors (Lipinski definition) is 8. The maximum Gasteiger partial charge on any atom is 0.408 e. The van der Waals surface area contributed by atoms with E-state index < -0.39 is 23.7 Å². The molecule has 3 heterocycles. The van der Waals surface area contributed by atoms with Crippen molar-refractivity contribution in [2.45, 2.75) is 92.0 Å². The minimum atomic E-state index is -0.911. The van der Waals surface area contributed by atoms with E-state index in [1.165, 1.54) is 7.11 Å². The molecule has 11 heteroatoms. The maximum atomic E-state index is 13.9. The minimum Gasteiger partial charge on any atom is -0.469 e. The van der Waals surface area contributed by atoms with Gasteiger partial charge in [-0.15, -0.1) is 0 Å². The van der Waals surface area contributed by atoms with E-state index in [0.29, 0.717) is 19.4 Å². The molecule has 1 aliphatic rings. The van der Waals surface area contributed by atoms with Gasteiger partial charge in [0.1, 0.15) is 11.6 Å². The van der Waals surface area contributed by atoms with Crippen molar-refractivity contribution in [2.24, 2.45) is 11.3 Å². The number of benzene rings is 2. The number of hydrogen-bond donors (Lipinski definition) is 2. The van der Waals surface area contributed by atoms with Gasteiger partial charge in [0.15, 0.2) is 0 Å². The molecule has 2 amide bonds. The van der Waals surface area contributed by atoms with Crippen LogP contribution in [0, 0.1) is 11.3 Å². The Bertz CT molecular complexity index is 1980. The highest BCUT2D eigenvalue weighted by Crippen LogP contribution is 2.41. The Morgan fingerprint density at radius 3 is 2.43 bits per heavy atom.